The van der Waals surface area contributed by atoms with Crippen molar-refractivity contribution in [3.63, 3.8) is 0 Å². The predicted molar refractivity (Wildman–Crippen MR) is 84.5 cm³/mol. The van der Waals surface area contributed by atoms with E-state index in [2.05, 4.69) is 12.2 Å². The molecular formula is C17H27NO3. The quantitative estimate of drug-likeness (QED) is 0.782. The molecule has 0 saturated heterocycles. The topological polar surface area (TPSA) is 47.6 Å². The van der Waals surface area contributed by atoms with E-state index in [1.165, 1.54) is 0 Å². The molecule has 0 fully saturated rings. The van der Waals surface area contributed by atoms with Gasteiger partial charge in [-0.15, -0.1) is 0 Å². The Morgan fingerprint density at radius 3 is 2.38 bits per heavy atom. The van der Waals surface area contributed by atoms with E-state index in [1.807, 2.05) is 52.0 Å². The van der Waals surface area contributed by atoms with E-state index in [0.29, 0.717) is 0 Å². The summed E-state index contributed by atoms with van der Waals surface area (Å²) in [6, 6.07) is 8.01. The van der Waals surface area contributed by atoms with Crippen molar-refractivity contribution in [3.05, 3.63) is 29.8 Å². The fourth-order valence-corrected chi connectivity index (χ4v) is 1.80. The molecule has 1 aromatic rings. The molecular weight excluding hydrogens is 266 g/mol. The summed E-state index contributed by atoms with van der Waals surface area (Å²) in [6.07, 6.45) is 0.996. The third-order valence-corrected chi connectivity index (χ3v) is 2.83. The lowest BCUT2D eigenvalue weighted by Gasteiger charge is -2.21. The van der Waals surface area contributed by atoms with Crippen molar-refractivity contribution in [2.75, 3.05) is 13.2 Å². The second kappa shape index (κ2) is 8.03. The van der Waals surface area contributed by atoms with Gasteiger partial charge in [-0.3, -0.25) is 4.79 Å². The zero-order valence-corrected chi connectivity index (χ0v) is 13.7. The molecule has 1 unspecified atom stereocenters. The number of hydrogen-bond donors (Lipinski definition) is 1. The molecule has 0 aromatic heterocycles. The second-order valence-electron chi connectivity index (χ2n) is 6.11. The molecule has 0 heterocycles. The van der Waals surface area contributed by atoms with E-state index in [-0.39, 0.29) is 18.6 Å². The van der Waals surface area contributed by atoms with Gasteiger partial charge in [-0.25, -0.2) is 0 Å². The number of ether oxygens (including phenoxy) is 2. The van der Waals surface area contributed by atoms with Crippen LogP contribution in [-0.4, -0.2) is 24.7 Å². The summed E-state index contributed by atoms with van der Waals surface area (Å²) in [4.78, 5) is 11.7. The van der Waals surface area contributed by atoms with E-state index < -0.39 is 5.60 Å². The molecule has 1 N–H and O–H groups in total. The molecule has 0 radical (unpaired) electrons. The number of carbonyl (C=O) groups is 1. The monoisotopic (exact) mass is 293 g/mol. The number of nitrogens with one attached hydrogen (secondary N) is 1. The molecule has 0 aliphatic rings. The summed E-state index contributed by atoms with van der Waals surface area (Å²) in [5, 5.41) is 3.17. The first-order valence-electron chi connectivity index (χ1n) is 7.50. The van der Waals surface area contributed by atoms with E-state index in [9.17, 15) is 4.79 Å². The average molecular weight is 293 g/mol. The summed E-state index contributed by atoms with van der Waals surface area (Å²) in [7, 11) is 0. The van der Waals surface area contributed by atoms with Crippen molar-refractivity contribution < 1.29 is 14.3 Å². The molecule has 0 spiro atoms. The van der Waals surface area contributed by atoms with Crippen LogP contribution in [0.4, 0.5) is 0 Å². The highest BCUT2D eigenvalue weighted by Crippen LogP contribution is 2.17. The Morgan fingerprint density at radius 2 is 1.86 bits per heavy atom. The van der Waals surface area contributed by atoms with Gasteiger partial charge < -0.3 is 14.8 Å². The SMILES string of the molecule is CCCOc1ccc(C(C)NCC(=O)OC(C)(C)C)cc1. The summed E-state index contributed by atoms with van der Waals surface area (Å²) in [6.45, 7) is 10.6. The maximum absolute atomic E-state index is 11.7. The molecule has 0 saturated carbocycles. The molecule has 0 aliphatic carbocycles. The first kappa shape index (κ1) is 17.5. The predicted octanol–water partition coefficient (Wildman–Crippen LogP) is 3.47. The maximum Gasteiger partial charge on any atom is 0.320 e. The van der Waals surface area contributed by atoms with Crippen molar-refractivity contribution in [1.29, 1.82) is 0 Å². The van der Waals surface area contributed by atoms with E-state index in [0.717, 1.165) is 24.3 Å². The smallest absolute Gasteiger partial charge is 0.320 e. The fourth-order valence-electron chi connectivity index (χ4n) is 1.80. The van der Waals surface area contributed by atoms with Gasteiger partial charge >= 0.3 is 5.97 Å². The Hall–Kier alpha value is -1.55. The van der Waals surface area contributed by atoms with Crippen LogP contribution in [0.1, 0.15) is 52.6 Å². The van der Waals surface area contributed by atoms with Gasteiger partial charge in [0.15, 0.2) is 0 Å². The van der Waals surface area contributed by atoms with Gasteiger partial charge in [0.1, 0.15) is 11.4 Å². The highest BCUT2D eigenvalue weighted by Gasteiger charge is 2.16. The molecule has 1 rings (SSSR count). The molecule has 4 heteroatoms. The summed E-state index contributed by atoms with van der Waals surface area (Å²) < 4.78 is 10.8. The van der Waals surface area contributed by atoms with Crippen LogP contribution in [-0.2, 0) is 9.53 Å². The molecule has 4 nitrogen and oxygen atoms in total. The van der Waals surface area contributed by atoms with Crippen molar-refractivity contribution in [1.82, 2.24) is 5.32 Å². The molecule has 0 amide bonds. The van der Waals surface area contributed by atoms with Crippen LogP contribution < -0.4 is 10.1 Å². The molecule has 0 bridgehead atoms. The Bertz CT molecular complexity index is 434. The molecule has 1 atom stereocenters. The van der Waals surface area contributed by atoms with Crippen molar-refractivity contribution in [2.45, 2.75) is 52.7 Å². The van der Waals surface area contributed by atoms with Gasteiger partial charge in [0.2, 0.25) is 0 Å². The third kappa shape index (κ3) is 7.14. The minimum absolute atomic E-state index is 0.0812. The van der Waals surface area contributed by atoms with Crippen LogP contribution in [0.2, 0.25) is 0 Å². The lowest BCUT2D eigenvalue weighted by Crippen LogP contribution is -2.32. The normalized spacial score (nSPS) is 12.8. The van der Waals surface area contributed by atoms with Crippen molar-refractivity contribution in [3.8, 4) is 5.75 Å². The van der Waals surface area contributed by atoms with Gasteiger partial charge in [0.05, 0.1) is 13.2 Å². The number of rotatable bonds is 7. The van der Waals surface area contributed by atoms with Crippen LogP contribution in [0.5, 0.6) is 5.75 Å². The fraction of sp³-hybridized carbons (Fsp3) is 0.588. The first-order valence-corrected chi connectivity index (χ1v) is 7.50. The van der Waals surface area contributed by atoms with Gasteiger partial charge in [0, 0.05) is 6.04 Å². The zero-order chi connectivity index (χ0) is 15.9. The lowest BCUT2D eigenvalue weighted by molar-refractivity contribution is -0.153. The van der Waals surface area contributed by atoms with E-state index in [1.54, 1.807) is 0 Å². The number of esters is 1. The Kier molecular flexibility index (Phi) is 6.69. The highest BCUT2D eigenvalue weighted by atomic mass is 16.6. The van der Waals surface area contributed by atoms with Crippen LogP contribution in [0.25, 0.3) is 0 Å². The number of hydrogen-bond acceptors (Lipinski definition) is 4. The third-order valence-electron chi connectivity index (χ3n) is 2.83. The maximum atomic E-state index is 11.7. The largest absolute Gasteiger partial charge is 0.494 e. The zero-order valence-electron chi connectivity index (χ0n) is 13.7. The van der Waals surface area contributed by atoms with Gasteiger partial charge in [0.25, 0.3) is 0 Å². The minimum Gasteiger partial charge on any atom is -0.494 e. The van der Waals surface area contributed by atoms with Crippen molar-refractivity contribution >= 4 is 5.97 Å². The minimum atomic E-state index is -0.444. The Morgan fingerprint density at radius 1 is 1.24 bits per heavy atom. The average Bonchev–Trinajstić information content (AvgIpc) is 2.41. The first-order chi connectivity index (χ1) is 9.81. The molecule has 118 valence electrons. The van der Waals surface area contributed by atoms with Gasteiger partial charge in [-0.05, 0) is 51.8 Å². The summed E-state index contributed by atoms with van der Waals surface area (Å²) in [5.41, 5.74) is 0.669. The Balaban J connectivity index is 2.44. The number of benzene rings is 1. The van der Waals surface area contributed by atoms with Crippen LogP contribution in [0.15, 0.2) is 24.3 Å². The van der Waals surface area contributed by atoms with E-state index >= 15 is 0 Å². The Labute approximate surface area is 127 Å². The highest BCUT2D eigenvalue weighted by molar-refractivity contribution is 5.72. The van der Waals surface area contributed by atoms with Crippen LogP contribution in [0, 0.1) is 0 Å². The van der Waals surface area contributed by atoms with Crippen LogP contribution >= 0.6 is 0 Å². The van der Waals surface area contributed by atoms with Crippen LogP contribution in [0.3, 0.4) is 0 Å². The molecule has 0 aliphatic heterocycles. The standard InChI is InChI=1S/C17H27NO3/c1-6-11-20-15-9-7-14(8-10-15)13(2)18-12-16(19)21-17(3,4)5/h7-10,13,18H,6,11-12H2,1-5H3. The van der Waals surface area contributed by atoms with E-state index in [4.69, 9.17) is 9.47 Å². The molecule has 21 heavy (non-hydrogen) atoms. The number of carbonyl (C=O) groups excluding carboxylic acids is 1. The molecule has 1 aromatic carbocycles. The summed E-state index contributed by atoms with van der Waals surface area (Å²) >= 11 is 0. The van der Waals surface area contributed by atoms with Gasteiger partial charge in [-0.2, -0.15) is 0 Å². The summed E-state index contributed by atoms with van der Waals surface area (Å²) in [5.74, 6) is 0.636. The van der Waals surface area contributed by atoms with Gasteiger partial charge in [-0.1, -0.05) is 19.1 Å². The van der Waals surface area contributed by atoms with Crippen molar-refractivity contribution in [2.24, 2.45) is 0 Å². The lowest BCUT2D eigenvalue weighted by atomic mass is 10.1. The second-order valence-corrected chi connectivity index (χ2v) is 6.11.